The molecule has 21 heavy (non-hydrogen) atoms. The highest BCUT2D eigenvalue weighted by atomic mass is 127. The van der Waals surface area contributed by atoms with Gasteiger partial charge in [0, 0.05) is 25.0 Å². The maximum Gasteiger partial charge on any atom is 0.269 e. The highest BCUT2D eigenvalue weighted by Crippen LogP contribution is 2.23. The molecule has 2 aromatic rings. The summed E-state index contributed by atoms with van der Waals surface area (Å²) >= 11 is 4.25. The molecule has 5 nitrogen and oxygen atoms in total. The molecule has 0 heterocycles. The Balaban J connectivity index is 2.27. The third-order valence-corrected chi connectivity index (χ3v) is 4.45. The Bertz CT molecular complexity index is 732. The molecular weight excluding hydrogens is 498 g/mol. The number of rotatable bonds is 3. The summed E-state index contributed by atoms with van der Waals surface area (Å²) in [5, 5.41) is 13.5. The van der Waals surface area contributed by atoms with Crippen LogP contribution in [0.25, 0.3) is 0 Å². The average Bonchev–Trinajstić information content (AvgIpc) is 2.43. The van der Waals surface area contributed by atoms with Gasteiger partial charge in [-0.25, -0.2) is 0 Å². The minimum absolute atomic E-state index is 0.00865. The van der Waals surface area contributed by atoms with Crippen LogP contribution in [0.5, 0.6) is 0 Å². The van der Waals surface area contributed by atoms with Crippen LogP contribution in [0.2, 0.25) is 0 Å². The number of nitro groups is 1. The first-order valence-electron chi connectivity index (χ1n) is 5.90. The van der Waals surface area contributed by atoms with Crippen molar-refractivity contribution in [3.8, 4) is 0 Å². The normalized spacial score (nSPS) is 10.2. The predicted octanol–water partition coefficient (Wildman–Crippen LogP) is 4.36. The number of amides is 1. The van der Waals surface area contributed by atoms with Crippen molar-refractivity contribution in [2.75, 3.05) is 5.32 Å². The number of carbonyl (C=O) groups excluding carboxylic acids is 1. The smallest absolute Gasteiger partial charge is 0.269 e. The van der Waals surface area contributed by atoms with E-state index in [4.69, 9.17) is 0 Å². The first-order chi connectivity index (χ1) is 9.88. The second kappa shape index (κ2) is 6.69. The van der Waals surface area contributed by atoms with E-state index in [-0.39, 0.29) is 11.6 Å². The first kappa shape index (κ1) is 16.1. The standard InChI is InChI=1S/C14H10I2N2O3/c1-8-6-10(18(20)21)3-5-13(8)17-14(19)11-7-9(15)2-4-12(11)16/h2-7H,1H3,(H,17,19). The number of aryl methyl sites for hydroxylation is 1. The lowest BCUT2D eigenvalue weighted by Crippen LogP contribution is -2.14. The number of halogens is 2. The summed E-state index contributed by atoms with van der Waals surface area (Å²) in [5.41, 5.74) is 1.81. The lowest BCUT2D eigenvalue weighted by molar-refractivity contribution is -0.384. The summed E-state index contributed by atoms with van der Waals surface area (Å²) in [4.78, 5) is 22.6. The van der Waals surface area contributed by atoms with Gasteiger partial charge >= 0.3 is 0 Å². The number of hydrogen-bond donors (Lipinski definition) is 1. The van der Waals surface area contributed by atoms with Gasteiger partial charge in [-0.15, -0.1) is 0 Å². The van der Waals surface area contributed by atoms with Crippen LogP contribution >= 0.6 is 45.2 Å². The van der Waals surface area contributed by atoms with E-state index >= 15 is 0 Å². The molecule has 108 valence electrons. The number of nitrogens with one attached hydrogen (secondary N) is 1. The van der Waals surface area contributed by atoms with Crippen LogP contribution in [-0.2, 0) is 0 Å². The van der Waals surface area contributed by atoms with Crippen LogP contribution < -0.4 is 5.32 Å². The maximum absolute atomic E-state index is 12.3. The lowest BCUT2D eigenvalue weighted by Gasteiger charge is -2.09. The number of hydrogen-bond acceptors (Lipinski definition) is 3. The summed E-state index contributed by atoms with van der Waals surface area (Å²) in [6.45, 7) is 1.72. The van der Waals surface area contributed by atoms with Crippen molar-refractivity contribution in [3.05, 3.63) is 64.8 Å². The molecule has 1 amide bonds. The van der Waals surface area contributed by atoms with Crippen molar-refractivity contribution in [3.63, 3.8) is 0 Å². The van der Waals surface area contributed by atoms with Crippen molar-refractivity contribution in [2.45, 2.75) is 6.92 Å². The van der Waals surface area contributed by atoms with Gasteiger partial charge in [0.2, 0.25) is 0 Å². The molecule has 0 bridgehead atoms. The van der Waals surface area contributed by atoms with Crippen molar-refractivity contribution in [1.82, 2.24) is 0 Å². The van der Waals surface area contributed by atoms with Gasteiger partial charge in [-0.2, -0.15) is 0 Å². The number of non-ortho nitro benzene ring substituents is 1. The second-order valence-corrected chi connectivity index (χ2v) is 6.74. The van der Waals surface area contributed by atoms with Crippen LogP contribution in [-0.4, -0.2) is 10.8 Å². The Labute approximate surface area is 148 Å². The molecule has 2 rings (SSSR count). The molecular formula is C14H10I2N2O3. The van der Waals surface area contributed by atoms with Crippen LogP contribution in [0.4, 0.5) is 11.4 Å². The highest BCUT2D eigenvalue weighted by molar-refractivity contribution is 14.1. The van der Waals surface area contributed by atoms with Gasteiger partial charge in [0.25, 0.3) is 11.6 Å². The third kappa shape index (κ3) is 3.90. The molecule has 0 saturated carbocycles. The van der Waals surface area contributed by atoms with Gasteiger partial charge in [0.1, 0.15) is 0 Å². The number of benzene rings is 2. The van der Waals surface area contributed by atoms with E-state index in [1.54, 1.807) is 19.1 Å². The fourth-order valence-electron chi connectivity index (χ4n) is 1.76. The molecule has 0 spiro atoms. The summed E-state index contributed by atoms with van der Waals surface area (Å²) in [6.07, 6.45) is 0. The van der Waals surface area contributed by atoms with Crippen molar-refractivity contribution >= 4 is 62.5 Å². The Hall–Kier alpha value is -1.23. The molecule has 0 aliphatic carbocycles. The molecule has 0 radical (unpaired) electrons. The molecule has 0 aliphatic heterocycles. The van der Waals surface area contributed by atoms with E-state index < -0.39 is 4.92 Å². The monoisotopic (exact) mass is 508 g/mol. The first-order valence-corrected chi connectivity index (χ1v) is 8.05. The van der Waals surface area contributed by atoms with Crippen molar-refractivity contribution in [1.29, 1.82) is 0 Å². The zero-order valence-corrected chi connectivity index (χ0v) is 15.2. The molecule has 1 N–H and O–H groups in total. The molecule has 0 aromatic heterocycles. The largest absolute Gasteiger partial charge is 0.322 e. The summed E-state index contributed by atoms with van der Waals surface area (Å²) in [7, 11) is 0. The van der Waals surface area contributed by atoms with Crippen LogP contribution in [0.15, 0.2) is 36.4 Å². The van der Waals surface area contributed by atoms with Crippen LogP contribution in [0, 0.1) is 24.2 Å². The van der Waals surface area contributed by atoms with Gasteiger partial charge in [0.05, 0.1) is 10.5 Å². The topological polar surface area (TPSA) is 72.2 Å². The maximum atomic E-state index is 12.3. The Morgan fingerprint density at radius 1 is 1.19 bits per heavy atom. The quantitative estimate of drug-likeness (QED) is 0.381. The van der Waals surface area contributed by atoms with Gasteiger partial charge in [-0.05, 0) is 81.9 Å². The van der Waals surface area contributed by atoms with E-state index in [0.29, 0.717) is 16.8 Å². The van der Waals surface area contributed by atoms with Gasteiger partial charge in [-0.3, -0.25) is 14.9 Å². The lowest BCUT2D eigenvalue weighted by atomic mass is 10.1. The average molecular weight is 508 g/mol. The molecule has 0 fully saturated rings. The SMILES string of the molecule is Cc1cc([N+](=O)[O-])ccc1NC(=O)c1cc(I)ccc1I. The van der Waals surface area contributed by atoms with Crippen molar-refractivity contribution in [2.24, 2.45) is 0 Å². The fraction of sp³-hybridized carbons (Fsp3) is 0.0714. The zero-order chi connectivity index (χ0) is 15.6. The Morgan fingerprint density at radius 3 is 2.52 bits per heavy atom. The zero-order valence-electron chi connectivity index (χ0n) is 10.9. The van der Waals surface area contributed by atoms with Crippen molar-refractivity contribution < 1.29 is 9.72 Å². The number of anilines is 1. The van der Waals surface area contributed by atoms with Gasteiger partial charge in [-0.1, -0.05) is 0 Å². The molecule has 0 aliphatic rings. The van der Waals surface area contributed by atoms with E-state index in [0.717, 1.165) is 7.14 Å². The van der Waals surface area contributed by atoms with Gasteiger partial charge in [0.15, 0.2) is 0 Å². The van der Waals surface area contributed by atoms with Crippen LogP contribution in [0.3, 0.4) is 0 Å². The second-order valence-electron chi connectivity index (χ2n) is 4.33. The number of carbonyl (C=O) groups is 1. The minimum Gasteiger partial charge on any atom is -0.322 e. The Morgan fingerprint density at radius 2 is 1.90 bits per heavy atom. The number of nitro benzene ring substituents is 1. The molecule has 0 atom stereocenters. The molecule has 0 saturated heterocycles. The van der Waals surface area contributed by atoms with E-state index in [1.807, 2.05) is 12.1 Å². The summed E-state index contributed by atoms with van der Waals surface area (Å²) in [6, 6.07) is 9.97. The predicted molar refractivity (Wildman–Crippen MR) is 97.7 cm³/mol. The van der Waals surface area contributed by atoms with E-state index in [1.165, 1.54) is 12.1 Å². The van der Waals surface area contributed by atoms with E-state index in [9.17, 15) is 14.9 Å². The Kier molecular flexibility index (Phi) is 5.14. The molecule has 2 aromatic carbocycles. The highest BCUT2D eigenvalue weighted by Gasteiger charge is 2.13. The number of nitrogens with zero attached hydrogens (tertiary/aromatic N) is 1. The minimum atomic E-state index is -0.457. The van der Waals surface area contributed by atoms with Gasteiger partial charge < -0.3 is 5.32 Å². The van der Waals surface area contributed by atoms with Crippen LogP contribution in [0.1, 0.15) is 15.9 Å². The fourth-order valence-corrected chi connectivity index (χ4v) is 2.83. The third-order valence-electron chi connectivity index (χ3n) is 2.84. The molecule has 0 unspecified atom stereocenters. The van der Waals surface area contributed by atoms with E-state index in [2.05, 4.69) is 50.5 Å². The summed E-state index contributed by atoms with van der Waals surface area (Å²) < 4.78 is 1.82. The molecule has 7 heteroatoms. The summed E-state index contributed by atoms with van der Waals surface area (Å²) in [5.74, 6) is -0.227.